The standard InChI is InChI=1S/C13H22N2O3/c1-11-4-5-13(18-9-8-17-3)12(15-11)10-14-6-7-16-2/h4-5,14H,6-10H2,1-3H3. The normalized spacial score (nSPS) is 10.6. The van der Waals surface area contributed by atoms with E-state index in [4.69, 9.17) is 14.2 Å². The van der Waals surface area contributed by atoms with Gasteiger partial charge in [-0.1, -0.05) is 0 Å². The minimum atomic E-state index is 0.534. The Kier molecular flexibility index (Phi) is 7.32. The van der Waals surface area contributed by atoms with Crippen LogP contribution in [0.5, 0.6) is 5.75 Å². The summed E-state index contributed by atoms with van der Waals surface area (Å²) in [6, 6.07) is 3.89. The van der Waals surface area contributed by atoms with Crippen molar-refractivity contribution in [2.24, 2.45) is 0 Å². The van der Waals surface area contributed by atoms with Gasteiger partial charge < -0.3 is 19.5 Å². The number of ether oxygens (including phenoxy) is 3. The predicted octanol–water partition coefficient (Wildman–Crippen LogP) is 1.15. The van der Waals surface area contributed by atoms with Gasteiger partial charge in [0, 0.05) is 33.0 Å². The van der Waals surface area contributed by atoms with E-state index in [1.807, 2.05) is 19.1 Å². The Bertz CT molecular complexity index is 345. The van der Waals surface area contributed by atoms with Gasteiger partial charge in [-0.25, -0.2) is 0 Å². The van der Waals surface area contributed by atoms with Crippen molar-refractivity contribution >= 4 is 0 Å². The molecule has 0 aromatic carbocycles. The molecule has 18 heavy (non-hydrogen) atoms. The molecule has 1 aromatic rings. The molecule has 1 N–H and O–H groups in total. The second kappa shape index (κ2) is 8.85. The minimum Gasteiger partial charge on any atom is -0.489 e. The van der Waals surface area contributed by atoms with Gasteiger partial charge in [0.25, 0.3) is 0 Å². The third-order valence-electron chi connectivity index (χ3n) is 2.39. The number of aromatic nitrogens is 1. The van der Waals surface area contributed by atoms with E-state index in [0.717, 1.165) is 23.7 Å². The average Bonchev–Trinajstić information content (AvgIpc) is 2.37. The zero-order valence-corrected chi connectivity index (χ0v) is 11.4. The quantitative estimate of drug-likeness (QED) is 0.670. The first-order chi connectivity index (χ1) is 8.77. The van der Waals surface area contributed by atoms with Gasteiger partial charge in [-0.3, -0.25) is 4.98 Å². The Morgan fingerprint density at radius 1 is 1.11 bits per heavy atom. The molecule has 0 aliphatic rings. The molecule has 0 saturated heterocycles. The molecule has 0 fully saturated rings. The van der Waals surface area contributed by atoms with E-state index in [0.29, 0.717) is 26.4 Å². The molecule has 0 atom stereocenters. The summed E-state index contributed by atoms with van der Waals surface area (Å²) in [5.41, 5.74) is 1.90. The van der Waals surface area contributed by atoms with Crippen molar-refractivity contribution in [3.05, 3.63) is 23.5 Å². The monoisotopic (exact) mass is 254 g/mol. The fraction of sp³-hybridized carbons (Fsp3) is 0.615. The summed E-state index contributed by atoms with van der Waals surface area (Å²) in [5.74, 6) is 0.808. The van der Waals surface area contributed by atoms with Crippen molar-refractivity contribution in [1.29, 1.82) is 0 Å². The van der Waals surface area contributed by atoms with Crippen LogP contribution in [0.1, 0.15) is 11.4 Å². The molecule has 1 heterocycles. The molecule has 0 bridgehead atoms. The Labute approximate surface area is 108 Å². The molecular weight excluding hydrogens is 232 g/mol. The maximum absolute atomic E-state index is 5.63. The molecular formula is C13H22N2O3. The van der Waals surface area contributed by atoms with Crippen molar-refractivity contribution in [2.75, 3.05) is 40.6 Å². The highest BCUT2D eigenvalue weighted by atomic mass is 16.5. The third-order valence-corrected chi connectivity index (χ3v) is 2.39. The van der Waals surface area contributed by atoms with E-state index in [1.165, 1.54) is 0 Å². The Balaban J connectivity index is 2.53. The highest BCUT2D eigenvalue weighted by Crippen LogP contribution is 2.16. The molecule has 0 spiro atoms. The maximum atomic E-state index is 5.63. The predicted molar refractivity (Wildman–Crippen MR) is 69.9 cm³/mol. The van der Waals surface area contributed by atoms with Gasteiger partial charge >= 0.3 is 0 Å². The number of nitrogens with zero attached hydrogens (tertiary/aromatic N) is 1. The average molecular weight is 254 g/mol. The first kappa shape index (κ1) is 14.9. The van der Waals surface area contributed by atoms with Gasteiger partial charge in [-0.05, 0) is 19.1 Å². The van der Waals surface area contributed by atoms with Gasteiger partial charge in [-0.2, -0.15) is 0 Å². The first-order valence-corrected chi connectivity index (χ1v) is 6.06. The van der Waals surface area contributed by atoms with E-state index in [9.17, 15) is 0 Å². The summed E-state index contributed by atoms with van der Waals surface area (Å²) < 4.78 is 15.6. The van der Waals surface area contributed by atoms with Crippen LogP contribution >= 0.6 is 0 Å². The number of hydrogen-bond acceptors (Lipinski definition) is 5. The molecule has 102 valence electrons. The molecule has 0 saturated carbocycles. The minimum absolute atomic E-state index is 0.534. The molecule has 1 rings (SSSR count). The fourth-order valence-electron chi connectivity index (χ4n) is 1.47. The Morgan fingerprint density at radius 2 is 1.89 bits per heavy atom. The van der Waals surface area contributed by atoms with Gasteiger partial charge in [0.2, 0.25) is 0 Å². The Morgan fingerprint density at radius 3 is 2.61 bits per heavy atom. The topological polar surface area (TPSA) is 52.6 Å². The number of rotatable bonds is 9. The van der Waals surface area contributed by atoms with Crippen LogP contribution in [0.3, 0.4) is 0 Å². The maximum Gasteiger partial charge on any atom is 0.142 e. The van der Waals surface area contributed by atoms with Gasteiger partial charge in [0.15, 0.2) is 0 Å². The zero-order chi connectivity index (χ0) is 13.2. The van der Waals surface area contributed by atoms with E-state index in [2.05, 4.69) is 10.3 Å². The SMILES string of the molecule is COCCNCc1nc(C)ccc1OCCOC. The van der Waals surface area contributed by atoms with Crippen LogP contribution in [0.2, 0.25) is 0 Å². The summed E-state index contributed by atoms with van der Waals surface area (Å²) in [4.78, 5) is 4.48. The molecule has 0 aliphatic carbocycles. The summed E-state index contributed by atoms with van der Waals surface area (Å²) >= 11 is 0. The molecule has 1 aromatic heterocycles. The Hall–Kier alpha value is -1.17. The van der Waals surface area contributed by atoms with E-state index >= 15 is 0 Å². The van der Waals surface area contributed by atoms with Crippen LogP contribution in [-0.4, -0.2) is 45.6 Å². The lowest BCUT2D eigenvalue weighted by Crippen LogP contribution is -2.20. The van der Waals surface area contributed by atoms with Crippen LogP contribution in [0, 0.1) is 6.92 Å². The smallest absolute Gasteiger partial charge is 0.142 e. The summed E-state index contributed by atoms with van der Waals surface area (Å²) in [6.07, 6.45) is 0. The summed E-state index contributed by atoms with van der Waals surface area (Å²) in [6.45, 7) is 5.23. The van der Waals surface area contributed by atoms with Crippen LogP contribution in [0.25, 0.3) is 0 Å². The lowest BCUT2D eigenvalue weighted by Gasteiger charge is -2.12. The van der Waals surface area contributed by atoms with E-state index in [1.54, 1.807) is 14.2 Å². The number of pyridine rings is 1. The lowest BCUT2D eigenvalue weighted by molar-refractivity contribution is 0.145. The first-order valence-electron chi connectivity index (χ1n) is 6.06. The fourth-order valence-corrected chi connectivity index (χ4v) is 1.47. The largest absolute Gasteiger partial charge is 0.489 e. The van der Waals surface area contributed by atoms with E-state index < -0.39 is 0 Å². The van der Waals surface area contributed by atoms with Gasteiger partial charge in [0.1, 0.15) is 12.4 Å². The van der Waals surface area contributed by atoms with Gasteiger partial charge in [-0.15, -0.1) is 0 Å². The van der Waals surface area contributed by atoms with Crippen molar-refractivity contribution in [3.63, 3.8) is 0 Å². The van der Waals surface area contributed by atoms with E-state index in [-0.39, 0.29) is 0 Å². The number of methoxy groups -OCH3 is 2. The second-order valence-electron chi connectivity index (χ2n) is 3.91. The van der Waals surface area contributed by atoms with Crippen molar-refractivity contribution in [1.82, 2.24) is 10.3 Å². The molecule has 0 radical (unpaired) electrons. The molecule has 0 unspecified atom stereocenters. The van der Waals surface area contributed by atoms with Gasteiger partial charge in [0.05, 0.1) is 18.9 Å². The van der Waals surface area contributed by atoms with Crippen LogP contribution < -0.4 is 10.1 Å². The lowest BCUT2D eigenvalue weighted by atomic mass is 10.3. The number of nitrogens with one attached hydrogen (secondary N) is 1. The summed E-state index contributed by atoms with van der Waals surface area (Å²) in [7, 11) is 3.34. The highest BCUT2D eigenvalue weighted by molar-refractivity contribution is 5.29. The van der Waals surface area contributed by atoms with Crippen molar-refractivity contribution in [3.8, 4) is 5.75 Å². The van der Waals surface area contributed by atoms with Crippen LogP contribution in [0.4, 0.5) is 0 Å². The zero-order valence-electron chi connectivity index (χ0n) is 11.4. The van der Waals surface area contributed by atoms with Crippen molar-refractivity contribution < 1.29 is 14.2 Å². The third kappa shape index (κ3) is 5.44. The molecule has 0 aliphatic heterocycles. The highest BCUT2D eigenvalue weighted by Gasteiger charge is 2.05. The van der Waals surface area contributed by atoms with Crippen LogP contribution in [-0.2, 0) is 16.0 Å². The number of hydrogen-bond donors (Lipinski definition) is 1. The molecule has 5 heteroatoms. The second-order valence-corrected chi connectivity index (χ2v) is 3.91. The summed E-state index contributed by atoms with van der Waals surface area (Å²) in [5, 5.41) is 3.26. The van der Waals surface area contributed by atoms with Crippen LogP contribution in [0.15, 0.2) is 12.1 Å². The number of aryl methyl sites for hydroxylation is 1. The molecule has 0 amide bonds. The van der Waals surface area contributed by atoms with Crippen molar-refractivity contribution in [2.45, 2.75) is 13.5 Å². The molecule has 5 nitrogen and oxygen atoms in total.